The number of anilines is 1. The number of rotatable bonds is 3. The maximum absolute atomic E-state index is 12.9. The summed E-state index contributed by atoms with van der Waals surface area (Å²) >= 11 is 0. The molecule has 24 heavy (non-hydrogen) atoms. The van der Waals surface area contributed by atoms with Gasteiger partial charge in [-0.2, -0.15) is 0 Å². The number of β-lactam (4-membered cyclic amide) rings is 1. The Labute approximate surface area is 140 Å². The Bertz CT molecular complexity index is 849. The number of benzene rings is 3. The van der Waals surface area contributed by atoms with Crippen LogP contribution in [0.15, 0.2) is 91.0 Å². The van der Waals surface area contributed by atoms with Crippen LogP contribution in [0.3, 0.4) is 0 Å². The number of para-hydroxylation sites is 1. The lowest BCUT2D eigenvalue weighted by atomic mass is 9.73. The van der Waals surface area contributed by atoms with Gasteiger partial charge in [-0.05, 0) is 23.3 Å². The number of hydrogen-bond donors (Lipinski definition) is 1. The maximum Gasteiger partial charge on any atom is 0.266 e. The number of carbonyl (C=O) groups is 1. The monoisotopic (exact) mass is 315 g/mol. The van der Waals surface area contributed by atoms with Crippen LogP contribution in [0.2, 0.25) is 0 Å². The van der Waals surface area contributed by atoms with Crippen LogP contribution in [-0.2, 0) is 10.4 Å². The first-order chi connectivity index (χ1) is 11.7. The van der Waals surface area contributed by atoms with Crippen LogP contribution in [0, 0.1) is 0 Å². The van der Waals surface area contributed by atoms with Crippen LogP contribution in [0.25, 0.3) is 0 Å². The molecule has 0 radical (unpaired) electrons. The molecule has 0 aliphatic carbocycles. The van der Waals surface area contributed by atoms with E-state index in [4.69, 9.17) is 0 Å². The normalized spacial score (nSPS) is 23.0. The average molecular weight is 315 g/mol. The lowest BCUT2D eigenvalue weighted by Gasteiger charge is -2.53. The van der Waals surface area contributed by atoms with Crippen molar-refractivity contribution in [2.24, 2.45) is 0 Å². The second-order valence-electron chi connectivity index (χ2n) is 5.96. The standard InChI is InChI=1S/C21H17NO2/c23-20-21(24,17-12-6-2-7-13-17)19(16-10-4-1-5-11-16)22(20)18-14-8-3-9-15-18/h1-15,19,24H/t19-,21+/m0/s1. The summed E-state index contributed by atoms with van der Waals surface area (Å²) in [6.45, 7) is 0. The fourth-order valence-corrected chi connectivity index (χ4v) is 3.39. The summed E-state index contributed by atoms with van der Waals surface area (Å²) in [4.78, 5) is 14.6. The molecule has 3 nitrogen and oxygen atoms in total. The molecule has 1 saturated heterocycles. The zero-order valence-corrected chi connectivity index (χ0v) is 13.0. The first-order valence-corrected chi connectivity index (χ1v) is 7.94. The molecule has 4 rings (SSSR count). The van der Waals surface area contributed by atoms with E-state index < -0.39 is 11.6 Å². The summed E-state index contributed by atoms with van der Waals surface area (Å²) < 4.78 is 0. The molecular weight excluding hydrogens is 298 g/mol. The largest absolute Gasteiger partial charge is 0.373 e. The Balaban J connectivity index is 1.85. The summed E-state index contributed by atoms with van der Waals surface area (Å²) in [6, 6.07) is 27.9. The van der Waals surface area contributed by atoms with E-state index >= 15 is 0 Å². The number of carbonyl (C=O) groups excluding carboxylic acids is 1. The Morgan fingerprint density at radius 1 is 0.750 bits per heavy atom. The number of aliphatic hydroxyl groups is 1. The molecule has 2 atom stereocenters. The predicted molar refractivity (Wildman–Crippen MR) is 93.4 cm³/mol. The molecule has 1 amide bonds. The average Bonchev–Trinajstić information content (AvgIpc) is 2.67. The zero-order valence-electron chi connectivity index (χ0n) is 13.0. The third kappa shape index (κ3) is 2.06. The Morgan fingerprint density at radius 2 is 1.25 bits per heavy atom. The maximum atomic E-state index is 12.9. The van der Waals surface area contributed by atoms with Gasteiger partial charge in [0.1, 0.15) is 6.04 Å². The minimum atomic E-state index is -1.54. The van der Waals surface area contributed by atoms with E-state index in [0.717, 1.165) is 11.3 Å². The highest BCUT2D eigenvalue weighted by Crippen LogP contribution is 2.51. The van der Waals surface area contributed by atoms with Gasteiger partial charge in [0.25, 0.3) is 5.91 Å². The van der Waals surface area contributed by atoms with E-state index in [1.54, 1.807) is 17.0 Å². The van der Waals surface area contributed by atoms with Gasteiger partial charge >= 0.3 is 0 Å². The second kappa shape index (κ2) is 5.62. The fraction of sp³-hybridized carbons (Fsp3) is 0.0952. The van der Waals surface area contributed by atoms with Crippen LogP contribution in [-0.4, -0.2) is 11.0 Å². The highest BCUT2D eigenvalue weighted by atomic mass is 16.3. The van der Waals surface area contributed by atoms with Crippen LogP contribution in [0.1, 0.15) is 17.2 Å². The lowest BCUT2D eigenvalue weighted by molar-refractivity contribution is -0.155. The highest BCUT2D eigenvalue weighted by Gasteiger charge is 2.62. The van der Waals surface area contributed by atoms with Gasteiger partial charge in [0, 0.05) is 5.69 Å². The molecule has 0 spiro atoms. The van der Waals surface area contributed by atoms with Gasteiger partial charge < -0.3 is 5.11 Å². The summed E-state index contributed by atoms with van der Waals surface area (Å²) in [5, 5.41) is 11.3. The third-order valence-electron chi connectivity index (χ3n) is 4.56. The van der Waals surface area contributed by atoms with E-state index in [-0.39, 0.29) is 5.91 Å². The van der Waals surface area contributed by atoms with Crippen molar-refractivity contribution in [1.29, 1.82) is 0 Å². The first-order valence-electron chi connectivity index (χ1n) is 7.94. The van der Waals surface area contributed by atoms with Crippen molar-refractivity contribution in [3.05, 3.63) is 102 Å². The molecule has 0 unspecified atom stereocenters. The van der Waals surface area contributed by atoms with Crippen LogP contribution in [0.5, 0.6) is 0 Å². The highest BCUT2D eigenvalue weighted by molar-refractivity contribution is 6.08. The molecular formula is C21H17NO2. The fourth-order valence-electron chi connectivity index (χ4n) is 3.39. The van der Waals surface area contributed by atoms with E-state index in [0.29, 0.717) is 5.56 Å². The summed E-state index contributed by atoms with van der Waals surface area (Å²) in [6.07, 6.45) is 0. The number of amides is 1. The molecule has 1 aliphatic rings. The van der Waals surface area contributed by atoms with Crippen molar-refractivity contribution >= 4 is 11.6 Å². The molecule has 1 N–H and O–H groups in total. The minimum Gasteiger partial charge on any atom is -0.373 e. The molecule has 1 fully saturated rings. The molecule has 118 valence electrons. The van der Waals surface area contributed by atoms with Gasteiger partial charge in [0.15, 0.2) is 5.60 Å². The van der Waals surface area contributed by atoms with Crippen LogP contribution < -0.4 is 4.90 Å². The van der Waals surface area contributed by atoms with E-state index in [9.17, 15) is 9.90 Å². The van der Waals surface area contributed by atoms with Crippen molar-refractivity contribution < 1.29 is 9.90 Å². The predicted octanol–water partition coefficient (Wildman–Crippen LogP) is 3.66. The molecule has 1 heterocycles. The van der Waals surface area contributed by atoms with Crippen molar-refractivity contribution in [2.75, 3.05) is 4.90 Å². The number of hydrogen-bond acceptors (Lipinski definition) is 2. The van der Waals surface area contributed by atoms with Crippen LogP contribution in [0.4, 0.5) is 5.69 Å². The van der Waals surface area contributed by atoms with E-state index in [1.165, 1.54) is 0 Å². The van der Waals surface area contributed by atoms with Crippen molar-refractivity contribution in [3.63, 3.8) is 0 Å². The second-order valence-corrected chi connectivity index (χ2v) is 5.96. The van der Waals surface area contributed by atoms with Gasteiger partial charge in [0.05, 0.1) is 0 Å². The topological polar surface area (TPSA) is 40.5 Å². The minimum absolute atomic E-state index is 0.297. The summed E-state index contributed by atoms with van der Waals surface area (Å²) in [7, 11) is 0. The van der Waals surface area contributed by atoms with Gasteiger partial charge in [0.2, 0.25) is 0 Å². The summed E-state index contributed by atoms with van der Waals surface area (Å²) in [5.41, 5.74) is 0.777. The molecule has 3 heteroatoms. The van der Waals surface area contributed by atoms with E-state index in [1.807, 2.05) is 78.9 Å². The first kappa shape index (κ1) is 14.7. The number of nitrogens with zero attached hydrogens (tertiary/aromatic N) is 1. The van der Waals surface area contributed by atoms with Gasteiger partial charge in [-0.3, -0.25) is 9.69 Å². The van der Waals surface area contributed by atoms with Crippen molar-refractivity contribution in [2.45, 2.75) is 11.6 Å². The van der Waals surface area contributed by atoms with Gasteiger partial charge in [-0.1, -0.05) is 78.9 Å². The Kier molecular flexibility index (Phi) is 3.44. The van der Waals surface area contributed by atoms with E-state index in [2.05, 4.69) is 0 Å². The quantitative estimate of drug-likeness (QED) is 0.749. The zero-order chi connectivity index (χ0) is 16.6. The van der Waals surface area contributed by atoms with Crippen molar-refractivity contribution in [1.82, 2.24) is 0 Å². The molecule has 3 aromatic rings. The summed E-state index contributed by atoms with van der Waals surface area (Å²) in [5.74, 6) is -0.297. The Hall–Kier alpha value is -2.91. The molecule has 3 aromatic carbocycles. The smallest absolute Gasteiger partial charge is 0.266 e. The van der Waals surface area contributed by atoms with Crippen LogP contribution >= 0.6 is 0 Å². The van der Waals surface area contributed by atoms with Gasteiger partial charge in [-0.15, -0.1) is 0 Å². The third-order valence-corrected chi connectivity index (χ3v) is 4.56. The molecule has 1 aliphatic heterocycles. The Morgan fingerprint density at radius 3 is 1.83 bits per heavy atom. The lowest BCUT2D eigenvalue weighted by Crippen LogP contribution is -2.66. The SMILES string of the molecule is O=C1N(c2ccccc2)[C@@H](c2ccccc2)[C@]1(O)c1ccccc1. The molecule has 0 saturated carbocycles. The van der Waals surface area contributed by atoms with Gasteiger partial charge in [-0.25, -0.2) is 0 Å². The van der Waals surface area contributed by atoms with Crippen molar-refractivity contribution in [3.8, 4) is 0 Å². The molecule has 0 aromatic heterocycles. The molecule has 0 bridgehead atoms.